The number of nitrogens with two attached hydrogens (primary N) is 1. The second-order valence-corrected chi connectivity index (χ2v) is 11.6. The largest absolute Gasteiger partial charge is 0.524 e. The van der Waals surface area contributed by atoms with Crippen LogP contribution in [0, 0.1) is 19.3 Å². The lowest BCUT2D eigenvalue weighted by atomic mass is 10.1. The topological polar surface area (TPSA) is 162 Å². The predicted molar refractivity (Wildman–Crippen MR) is 167 cm³/mol. The van der Waals surface area contributed by atoms with Gasteiger partial charge in [0.2, 0.25) is 0 Å². The number of aromatic nitrogens is 3. The van der Waals surface area contributed by atoms with E-state index in [1.54, 1.807) is 19.1 Å². The number of benzene rings is 2. The van der Waals surface area contributed by atoms with Gasteiger partial charge in [0.1, 0.15) is 17.1 Å². The average molecular weight is 608 g/mol. The predicted octanol–water partition coefficient (Wildman–Crippen LogP) is 4.43. The van der Waals surface area contributed by atoms with Gasteiger partial charge in [0.15, 0.2) is 5.82 Å². The minimum atomic E-state index is -4.66. The molecule has 2 aromatic carbocycles. The SMILES string of the molecule is C#CC(=O)NCCCOCCCc1ccc2c(c1)nc(N)c1nc(CCCC)n(Cc3ccc(OP(=O)(O)O)c(C)c3)c12. The molecule has 43 heavy (non-hydrogen) atoms. The van der Waals surface area contributed by atoms with Crippen molar-refractivity contribution in [1.82, 2.24) is 19.9 Å². The maximum atomic E-state index is 11.3. The van der Waals surface area contributed by atoms with Gasteiger partial charge in [-0.15, -0.1) is 6.42 Å². The number of phosphoric ester groups is 1. The number of anilines is 1. The summed E-state index contributed by atoms with van der Waals surface area (Å²) in [6.07, 6.45) is 10.1. The number of hydrogen-bond donors (Lipinski definition) is 4. The molecule has 2 aromatic heterocycles. The van der Waals surface area contributed by atoms with Gasteiger partial charge >= 0.3 is 7.82 Å². The van der Waals surface area contributed by atoms with Crippen LogP contribution in [0.2, 0.25) is 0 Å². The number of carbonyl (C=O) groups is 1. The number of terminal acetylenes is 1. The molecule has 0 saturated carbocycles. The Kier molecular flexibility index (Phi) is 10.8. The average Bonchev–Trinajstić information content (AvgIpc) is 3.32. The summed E-state index contributed by atoms with van der Waals surface area (Å²) in [6, 6.07) is 11.5. The summed E-state index contributed by atoms with van der Waals surface area (Å²) in [5.41, 5.74) is 11.5. The van der Waals surface area contributed by atoms with Gasteiger partial charge in [-0.3, -0.25) is 14.6 Å². The first kappa shape index (κ1) is 32.0. The Morgan fingerprint density at radius 3 is 2.58 bits per heavy atom. The third kappa shape index (κ3) is 8.55. The van der Waals surface area contributed by atoms with Crippen LogP contribution in [-0.2, 0) is 33.5 Å². The fourth-order valence-corrected chi connectivity index (χ4v) is 5.45. The standard InChI is InChI=1S/C31H38N5O6P/c1-4-6-10-27-35-29-30(36(27)20-23-12-14-26(21(3)18-23)42-43(38,39)40)24-13-11-22(19-25(24)34-31(29)32)9-7-16-41-17-8-15-33-28(37)5-2/h2,11-14,18-19H,4,6-10,15-17,20H2,1,3H3,(H2,32,34)(H,33,37)(H2,38,39,40). The lowest BCUT2D eigenvalue weighted by molar-refractivity contribution is -0.115. The Morgan fingerprint density at radius 2 is 1.86 bits per heavy atom. The van der Waals surface area contributed by atoms with Crippen LogP contribution in [0.4, 0.5) is 5.82 Å². The zero-order valence-electron chi connectivity index (χ0n) is 24.5. The van der Waals surface area contributed by atoms with Crippen LogP contribution >= 0.6 is 7.82 Å². The third-order valence-corrected chi connectivity index (χ3v) is 7.47. The molecule has 12 heteroatoms. The van der Waals surface area contributed by atoms with Crippen LogP contribution in [-0.4, -0.2) is 50.0 Å². The van der Waals surface area contributed by atoms with Crippen LogP contribution in [0.25, 0.3) is 21.9 Å². The van der Waals surface area contributed by atoms with Gasteiger partial charge in [-0.25, -0.2) is 14.5 Å². The summed E-state index contributed by atoms with van der Waals surface area (Å²) < 4.78 is 24.0. The van der Waals surface area contributed by atoms with E-state index in [1.807, 2.05) is 12.0 Å². The number of fused-ring (bicyclic) bond motifs is 3. The molecular weight excluding hydrogens is 569 g/mol. The summed E-state index contributed by atoms with van der Waals surface area (Å²) in [4.78, 5) is 39.1. The molecule has 1 amide bonds. The zero-order chi connectivity index (χ0) is 31.0. The van der Waals surface area contributed by atoms with Crippen molar-refractivity contribution in [3.63, 3.8) is 0 Å². The lowest BCUT2D eigenvalue weighted by Crippen LogP contribution is -2.23. The Labute approximate surface area is 251 Å². The molecule has 0 saturated heterocycles. The molecule has 0 atom stereocenters. The molecule has 4 rings (SSSR count). The first-order chi connectivity index (χ1) is 20.6. The summed E-state index contributed by atoms with van der Waals surface area (Å²) in [5.74, 6) is 3.03. The molecule has 0 radical (unpaired) electrons. The minimum Gasteiger partial charge on any atom is -0.404 e. The van der Waals surface area contributed by atoms with Gasteiger partial charge in [-0.05, 0) is 67.4 Å². The molecule has 4 aromatic rings. The van der Waals surface area contributed by atoms with Gasteiger partial charge < -0.3 is 24.9 Å². The number of rotatable bonds is 15. The van der Waals surface area contributed by atoms with E-state index in [1.165, 1.54) is 0 Å². The van der Waals surface area contributed by atoms with E-state index in [0.717, 1.165) is 65.5 Å². The van der Waals surface area contributed by atoms with Crippen molar-refractivity contribution < 1.29 is 28.4 Å². The maximum absolute atomic E-state index is 11.3. The van der Waals surface area contributed by atoms with Crippen molar-refractivity contribution in [2.24, 2.45) is 0 Å². The fourth-order valence-electron chi connectivity index (χ4n) is 4.99. The highest BCUT2D eigenvalue weighted by Crippen LogP contribution is 2.39. The second-order valence-electron chi connectivity index (χ2n) is 10.4. The molecular formula is C31H38N5O6P. The van der Waals surface area contributed by atoms with Gasteiger partial charge in [0.25, 0.3) is 5.91 Å². The number of nitrogens with one attached hydrogen (secondary N) is 1. The highest BCUT2D eigenvalue weighted by Gasteiger charge is 2.20. The van der Waals surface area contributed by atoms with Crippen LogP contribution in [0.15, 0.2) is 36.4 Å². The van der Waals surface area contributed by atoms with Crippen molar-refractivity contribution >= 4 is 41.5 Å². The number of hydrogen-bond acceptors (Lipinski definition) is 7. The molecule has 2 heterocycles. The van der Waals surface area contributed by atoms with E-state index in [2.05, 4.69) is 35.0 Å². The quantitative estimate of drug-likeness (QED) is 0.0870. The Bertz CT molecular complexity index is 1690. The molecule has 0 aliphatic rings. The first-order valence-corrected chi connectivity index (χ1v) is 15.9. The highest BCUT2D eigenvalue weighted by molar-refractivity contribution is 7.46. The number of unbranched alkanes of at least 4 members (excludes halogenated alkanes) is 1. The molecule has 0 aliphatic heterocycles. The third-order valence-electron chi connectivity index (χ3n) is 7.03. The van der Waals surface area contributed by atoms with Crippen molar-refractivity contribution in [3.05, 3.63) is 58.9 Å². The maximum Gasteiger partial charge on any atom is 0.524 e. The van der Waals surface area contributed by atoms with E-state index >= 15 is 0 Å². The zero-order valence-corrected chi connectivity index (χ0v) is 25.4. The summed E-state index contributed by atoms with van der Waals surface area (Å²) in [5, 5.41) is 3.57. The van der Waals surface area contributed by atoms with Gasteiger partial charge in [0.05, 0.1) is 11.0 Å². The van der Waals surface area contributed by atoms with Crippen molar-refractivity contribution in [2.45, 2.75) is 58.9 Å². The van der Waals surface area contributed by atoms with Crippen molar-refractivity contribution in [3.8, 4) is 18.1 Å². The molecule has 0 aliphatic carbocycles. The number of carbonyl (C=O) groups excluding carboxylic acids is 1. The summed E-state index contributed by atoms with van der Waals surface area (Å²) >= 11 is 0. The second kappa shape index (κ2) is 14.5. The van der Waals surface area contributed by atoms with Gasteiger partial charge in [-0.1, -0.05) is 37.6 Å². The molecule has 228 valence electrons. The molecule has 11 nitrogen and oxygen atoms in total. The summed E-state index contributed by atoms with van der Waals surface area (Å²) in [7, 11) is -4.66. The number of phosphoric acid groups is 1. The van der Waals surface area contributed by atoms with E-state index in [4.69, 9.17) is 31.4 Å². The van der Waals surface area contributed by atoms with Crippen LogP contribution < -0.4 is 15.6 Å². The monoisotopic (exact) mass is 607 g/mol. The lowest BCUT2D eigenvalue weighted by Gasteiger charge is -2.14. The number of pyridine rings is 1. The van der Waals surface area contributed by atoms with Gasteiger partial charge in [0, 0.05) is 38.1 Å². The van der Waals surface area contributed by atoms with E-state index < -0.39 is 13.7 Å². The Balaban J connectivity index is 1.55. The first-order valence-electron chi connectivity index (χ1n) is 14.3. The number of nitrogens with zero attached hydrogens (tertiary/aromatic N) is 3. The number of ether oxygens (including phenoxy) is 1. The number of aryl methyl sites for hydroxylation is 3. The smallest absolute Gasteiger partial charge is 0.404 e. The highest BCUT2D eigenvalue weighted by atomic mass is 31.2. The summed E-state index contributed by atoms with van der Waals surface area (Å²) in [6.45, 7) is 6.01. The molecule has 0 spiro atoms. The molecule has 5 N–H and O–H groups in total. The van der Waals surface area contributed by atoms with Crippen molar-refractivity contribution in [2.75, 3.05) is 25.5 Å². The Morgan fingerprint density at radius 1 is 1.09 bits per heavy atom. The number of imidazole rings is 1. The molecule has 0 bridgehead atoms. The number of nitrogen functional groups attached to an aromatic ring is 1. The van der Waals surface area contributed by atoms with Crippen molar-refractivity contribution in [1.29, 1.82) is 0 Å². The van der Waals surface area contributed by atoms with Crippen LogP contribution in [0.3, 0.4) is 0 Å². The minimum absolute atomic E-state index is 0.143. The van der Waals surface area contributed by atoms with Gasteiger partial charge in [-0.2, -0.15) is 0 Å². The Hall–Kier alpha value is -3.94. The molecule has 0 fully saturated rings. The van der Waals surface area contributed by atoms with E-state index in [-0.39, 0.29) is 5.75 Å². The van der Waals surface area contributed by atoms with E-state index in [9.17, 15) is 19.1 Å². The van der Waals surface area contributed by atoms with E-state index in [0.29, 0.717) is 49.6 Å². The molecule has 0 unspecified atom stereocenters. The fraction of sp³-hybridized carbons (Fsp3) is 0.387. The van der Waals surface area contributed by atoms with Crippen LogP contribution in [0.1, 0.15) is 55.1 Å². The number of amides is 1. The normalized spacial score (nSPS) is 11.6. The van der Waals surface area contributed by atoms with Crippen LogP contribution in [0.5, 0.6) is 5.75 Å².